The van der Waals surface area contributed by atoms with Crippen LogP contribution in [0, 0.1) is 0 Å². The molecule has 0 atom stereocenters. The van der Waals surface area contributed by atoms with Crippen LogP contribution in [0.4, 0.5) is 5.69 Å². The van der Waals surface area contributed by atoms with E-state index in [0.717, 1.165) is 10.7 Å². The first kappa shape index (κ1) is 16.2. The molecule has 6 nitrogen and oxygen atoms in total. The van der Waals surface area contributed by atoms with Gasteiger partial charge in [0.15, 0.2) is 5.16 Å². The topological polar surface area (TPSA) is 64.9 Å². The highest BCUT2D eigenvalue weighted by Gasteiger charge is 2.11. The summed E-state index contributed by atoms with van der Waals surface area (Å²) in [6, 6.07) is 11.1. The number of fused-ring (bicyclic) bond motifs is 1. The zero-order valence-electron chi connectivity index (χ0n) is 13.4. The smallest absolute Gasteiger partial charge is 0.234 e. The number of benzene rings is 1. The average Bonchev–Trinajstić information content (AvgIpc) is 3.03. The summed E-state index contributed by atoms with van der Waals surface area (Å²) in [7, 11) is 3.13. The molecule has 0 bridgehead atoms. The summed E-state index contributed by atoms with van der Waals surface area (Å²) < 4.78 is 12.4. The fourth-order valence-corrected chi connectivity index (χ4v) is 3.02. The highest BCUT2D eigenvalue weighted by Crippen LogP contribution is 2.29. The Bertz CT molecular complexity index is 863. The van der Waals surface area contributed by atoms with Crippen molar-refractivity contribution in [2.24, 2.45) is 0 Å². The van der Waals surface area contributed by atoms with E-state index in [4.69, 9.17) is 9.47 Å². The number of aromatic nitrogens is 2. The predicted octanol–water partition coefficient (Wildman–Crippen LogP) is 3.08. The lowest BCUT2D eigenvalue weighted by Gasteiger charge is -2.11. The number of hydrogen-bond donors (Lipinski definition) is 1. The summed E-state index contributed by atoms with van der Waals surface area (Å²) in [5, 5.41) is 3.62. The molecule has 3 rings (SSSR count). The Hall–Kier alpha value is -2.67. The largest absolute Gasteiger partial charge is 0.497 e. The molecule has 2 heterocycles. The lowest BCUT2D eigenvalue weighted by atomic mass is 10.2. The number of pyridine rings is 1. The maximum absolute atomic E-state index is 12.2. The first-order chi connectivity index (χ1) is 11.7. The lowest BCUT2D eigenvalue weighted by molar-refractivity contribution is -0.113. The monoisotopic (exact) mass is 343 g/mol. The minimum Gasteiger partial charge on any atom is -0.497 e. The van der Waals surface area contributed by atoms with Crippen LogP contribution in [0.15, 0.2) is 53.9 Å². The molecule has 124 valence electrons. The van der Waals surface area contributed by atoms with Gasteiger partial charge in [-0.05, 0) is 24.3 Å². The zero-order chi connectivity index (χ0) is 16.9. The molecule has 0 unspecified atom stereocenters. The molecule has 24 heavy (non-hydrogen) atoms. The molecule has 0 fully saturated rings. The Morgan fingerprint density at radius 2 is 2.12 bits per heavy atom. The third-order valence-corrected chi connectivity index (χ3v) is 4.38. The molecule has 0 aliphatic rings. The van der Waals surface area contributed by atoms with Gasteiger partial charge in [0.1, 0.15) is 11.5 Å². The first-order valence-corrected chi connectivity index (χ1v) is 8.26. The molecule has 0 aliphatic carbocycles. The van der Waals surface area contributed by atoms with Gasteiger partial charge in [-0.15, -0.1) is 0 Å². The molecular formula is C17H17N3O3S. The van der Waals surface area contributed by atoms with Crippen molar-refractivity contribution in [1.82, 2.24) is 9.38 Å². The van der Waals surface area contributed by atoms with Gasteiger partial charge >= 0.3 is 0 Å². The predicted molar refractivity (Wildman–Crippen MR) is 94.1 cm³/mol. The number of nitrogens with one attached hydrogen (secondary N) is 1. The second-order valence-electron chi connectivity index (χ2n) is 4.94. The third-order valence-electron chi connectivity index (χ3n) is 3.42. The van der Waals surface area contributed by atoms with Crippen LogP contribution in [0.5, 0.6) is 11.5 Å². The molecule has 2 aromatic heterocycles. The number of carbonyl (C=O) groups excluding carboxylic acids is 1. The summed E-state index contributed by atoms with van der Waals surface area (Å²) >= 11 is 1.38. The SMILES string of the molecule is COc1ccc(OC)c(NC(=O)CSc2ncc3ccccn23)c1. The standard InChI is InChI=1S/C17H17N3O3S/c1-22-13-6-7-15(23-2)14(9-13)19-16(21)11-24-17-18-10-12-5-3-4-8-20(12)17/h3-10H,11H2,1-2H3,(H,19,21). The van der Waals surface area contributed by atoms with E-state index in [1.54, 1.807) is 38.6 Å². The van der Waals surface area contributed by atoms with Gasteiger partial charge in [0.25, 0.3) is 0 Å². The van der Waals surface area contributed by atoms with Crippen LogP contribution in [0.1, 0.15) is 0 Å². The van der Waals surface area contributed by atoms with E-state index in [1.165, 1.54) is 11.8 Å². The van der Waals surface area contributed by atoms with Crippen molar-refractivity contribution >= 4 is 28.9 Å². The fraction of sp³-hybridized carbons (Fsp3) is 0.176. The maximum Gasteiger partial charge on any atom is 0.234 e. The molecule has 1 N–H and O–H groups in total. The van der Waals surface area contributed by atoms with E-state index in [2.05, 4.69) is 10.3 Å². The molecule has 0 spiro atoms. The van der Waals surface area contributed by atoms with Crippen molar-refractivity contribution in [2.45, 2.75) is 5.16 Å². The van der Waals surface area contributed by atoms with Crippen molar-refractivity contribution < 1.29 is 14.3 Å². The first-order valence-electron chi connectivity index (χ1n) is 7.28. The van der Waals surface area contributed by atoms with Crippen molar-refractivity contribution in [1.29, 1.82) is 0 Å². The minimum absolute atomic E-state index is 0.140. The number of ether oxygens (including phenoxy) is 2. The third kappa shape index (κ3) is 3.46. The number of thioether (sulfide) groups is 1. The number of carbonyl (C=O) groups is 1. The number of rotatable bonds is 6. The normalized spacial score (nSPS) is 10.6. The molecule has 3 aromatic rings. The molecule has 0 saturated heterocycles. The van der Waals surface area contributed by atoms with Crippen molar-refractivity contribution in [3.63, 3.8) is 0 Å². The van der Waals surface area contributed by atoms with E-state index in [9.17, 15) is 4.79 Å². The Morgan fingerprint density at radius 3 is 2.92 bits per heavy atom. The van der Waals surface area contributed by atoms with Crippen LogP contribution < -0.4 is 14.8 Å². The van der Waals surface area contributed by atoms with E-state index in [1.807, 2.05) is 28.8 Å². The molecular weight excluding hydrogens is 326 g/mol. The summed E-state index contributed by atoms with van der Waals surface area (Å²) in [6.07, 6.45) is 3.71. The number of nitrogens with zero attached hydrogens (tertiary/aromatic N) is 2. The Morgan fingerprint density at radius 1 is 1.25 bits per heavy atom. The van der Waals surface area contributed by atoms with Crippen LogP contribution in [0.3, 0.4) is 0 Å². The average molecular weight is 343 g/mol. The summed E-state index contributed by atoms with van der Waals surface area (Å²) in [5.74, 6) is 1.34. The van der Waals surface area contributed by atoms with Gasteiger partial charge in [0, 0.05) is 12.3 Å². The van der Waals surface area contributed by atoms with Crippen LogP contribution >= 0.6 is 11.8 Å². The van der Waals surface area contributed by atoms with Crippen molar-refractivity contribution in [3.05, 3.63) is 48.8 Å². The summed E-state index contributed by atoms with van der Waals surface area (Å²) in [6.45, 7) is 0. The van der Waals surface area contributed by atoms with E-state index in [-0.39, 0.29) is 11.7 Å². The van der Waals surface area contributed by atoms with Gasteiger partial charge in [0.2, 0.25) is 5.91 Å². The van der Waals surface area contributed by atoms with E-state index < -0.39 is 0 Å². The van der Waals surface area contributed by atoms with Crippen LogP contribution in [-0.4, -0.2) is 35.3 Å². The van der Waals surface area contributed by atoms with Gasteiger partial charge in [-0.2, -0.15) is 0 Å². The highest BCUT2D eigenvalue weighted by molar-refractivity contribution is 7.99. The number of anilines is 1. The fourth-order valence-electron chi connectivity index (χ4n) is 2.25. The molecule has 0 saturated carbocycles. The second-order valence-corrected chi connectivity index (χ2v) is 5.88. The number of methoxy groups -OCH3 is 2. The molecule has 1 aromatic carbocycles. The highest BCUT2D eigenvalue weighted by atomic mass is 32.2. The van der Waals surface area contributed by atoms with Gasteiger partial charge in [-0.3, -0.25) is 9.20 Å². The van der Waals surface area contributed by atoms with Gasteiger partial charge in [-0.25, -0.2) is 4.98 Å². The van der Waals surface area contributed by atoms with Gasteiger partial charge in [-0.1, -0.05) is 17.8 Å². The maximum atomic E-state index is 12.2. The molecule has 7 heteroatoms. The second kappa shape index (κ2) is 7.27. The van der Waals surface area contributed by atoms with Crippen molar-refractivity contribution in [3.8, 4) is 11.5 Å². The minimum atomic E-state index is -0.140. The van der Waals surface area contributed by atoms with Crippen molar-refractivity contribution in [2.75, 3.05) is 25.3 Å². The summed E-state index contributed by atoms with van der Waals surface area (Å²) in [4.78, 5) is 16.6. The summed E-state index contributed by atoms with van der Waals surface area (Å²) in [5.41, 5.74) is 1.57. The molecule has 1 amide bonds. The van der Waals surface area contributed by atoms with Crippen LogP contribution in [-0.2, 0) is 4.79 Å². The quantitative estimate of drug-likeness (QED) is 0.697. The number of hydrogen-bond acceptors (Lipinski definition) is 5. The van der Waals surface area contributed by atoms with Crippen LogP contribution in [0.2, 0.25) is 0 Å². The number of imidazole rings is 1. The lowest BCUT2D eigenvalue weighted by Crippen LogP contribution is -2.15. The Labute approximate surface area is 143 Å². The van der Waals surface area contributed by atoms with E-state index in [0.29, 0.717) is 17.2 Å². The molecule has 0 radical (unpaired) electrons. The zero-order valence-corrected chi connectivity index (χ0v) is 14.2. The van der Waals surface area contributed by atoms with Gasteiger partial charge in [0.05, 0.1) is 37.4 Å². The molecule has 0 aliphatic heterocycles. The van der Waals surface area contributed by atoms with E-state index >= 15 is 0 Å². The Balaban J connectivity index is 1.68. The van der Waals surface area contributed by atoms with Gasteiger partial charge < -0.3 is 14.8 Å². The van der Waals surface area contributed by atoms with Crippen LogP contribution in [0.25, 0.3) is 5.52 Å². The number of amides is 1. The Kier molecular flexibility index (Phi) is 4.90.